The van der Waals surface area contributed by atoms with Crippen LogP contribution in [0.3, 0.4) is 0 Å². The standard InChI is InChI=1S/C30H38F4N6O3/c1-17-12-18(10-11-35-17)27-21-13-19(6-8-24(21)38-39-27)28(41)37-20-7-9-25(29(42)36-16-30(32,33)34)40(14-20)15-22-23(31)4-3-5-26(22)43-2/h3-5,10-12,19-21,24-25,27,38-39H,6-9,13-16H2,1-2H3,(H,36,42)(H,37,41)/t19?,20-,21?,24?,25+,27?/m1/s1. The maximum absolute atomic E-state index is 14.8. The number of carbonyl (C=O) groups is 2. The van der Waals surface area contributed by atoms with Gasteiger partial charge in [0.25, 0.3) is 0 Å². The van der Waals surface area contributed by atoms with Gasteiger partial charge in [0.15, 0.2) is 0 Å². The van der Waals surface area contributed by atoms with Gasteiger partial charge in [0.05, 0.1) is 19.2 Å². The number of ether oxygens (including phenoxy) is 1. The minimum atomic E-state index is -4.56. The summed E-state index contributed by atoms with van der Waals surface area (Å²) < 4.78 is 58.6. The molecule has 6 atom stereocenters. The van der Waals surface area contributed by atoms with Crippen molar-refractivity contribution in [1.82, 2.24) is 31.4 Å². The van der Waals surface area contributed by atoms with Crippen molar-refractivity contribution in [2.24, 2.45) is 11.8 Å². The Hall–Kier alpha value is -3.29. The van der Waals surface area contributed by atoms with Crippen molar-refractivity contribution >= 4 is 11.8 Å². The van der Waals surface area contributed by atoms with Gasteiger partial charge in [-0.2, -0.15) is 13.2 Å². The Balaban J connectivity index is 1.26. The number of piperidine rings is 1. The first kappa shape index (κ1) is 31.1. The van der Waals surface area contributed by atoms with Crippen molar-refractivity contribution in [3.63, 3.8) is 0 Å². The number of aryl methyl sites for hydroxylation is 1. The zero-order valence-corrected chi connectivity index (χ0v) is 24.2. The minimum Gasteiger partial charge on any atom is -0.496 e. The zero-order chi connectivity index (χ0) is 30.7. The fraction of sp³-hybridized carbons (Fsp3) is 0.567. The van der Waals surface area contributed by atoms with Crippen LogP contribution in [-0.2, 0) is 16.1 Å². The number of hydrazine groups is 1. The number of pyridine rings is 1. The summed E-state index contributed by atoms with van der Waals surface area (Å²) in [6.45, 7) is 0.603. The molecule has 3 fully saturated rings. The number of halogens is 4. The summed E-state index contributed by atoms with van der Waals surface area (Å²) in [5.74, 6) is -1.13. The van der Waals surface area contributed by atoms with E-state index in [2.05, 4.69) is 21.2 Å². The van der Waals surface area contributed by atoms with Crippen LogP contribution in [0.1, 0.15) is 55.0 Å². The van der Waals surface area contributed by atoms with E-state index in [1.54, 1.807) is 17.2 Å². The molecule has 1 aliphatic carbocycles. The van der Waals surface area contributed by atoms with Crippen LogP contribution in [0.15, 0.2) is 36.5 Å². The number of nitrogens with zero attached hydrogens (tertiary/aromatic N) is 2. The number of hydrogen-bond acceptors (Lipinski definition) is 7. The van der Waals surface area contributed by atoms with Crippen molar-refractivity contribution in [1.29, 1.82) is 0 Å². The summed E-state index contributed by atoms with van der Waals surface area (Å²) >= 11 is 0. The number of alkyl halides is 3. The van der Waals surface area contributed by atoms with Crippen LogP contribution in [0, 0.1) is 24.6 Å². The van der Waals surface area contributed by atoms with Gasteiger partial charge >= 0.3 is 6.18 Å². The van der Waals surface area contributed by atoms with Gasteiger partial charge in [-0.1, -0.05) is 6.07 Å². The van der Waals surface area contributed by atoms with E-state index in [1.807, 2.05) is 24.4 Å². The Morgan fingerprint density at radius 3 is 2.67 bits per heavy atom. The molecule has 9 nitrogen and oxygen atoms in total. The van der Waals surface area contributed by atoms with E-state index in [1.165, 1.54) is 19.2 Å². The number of aromatic nitrogens is 1. The van der Waals surface area contributed by atoms with E-state index in [4.69, 9.17) is 4.74 Å². The average Bonchev–Trinajstić information content (AvgIpc) is 3.40. The molecule has 2 amide bonds. The lowest BCUT2D eigenvalue weighted by Crippen LogP contribution is -2.57. The number of likely N-dealkylation sites (tertiary alicyclic amines) is 1. The summed E-state index contributed by atoms with van der Waals surface area (Å²) in [5.41, 5.74) is 9.02. The molecule has 234 valence electrons. The number of fused-ring (bicyclic) bond motifs is 1. The van der Waals surface area contributed by atoms with E-state index in [0.29, 0.717) is 12.8 Å². The lowest BCUT2D eigenvalue weighted by atomic mass is 9.74. The molecule has 1 aromatic carbocycles. The SMILES string of the molecule is COc1cccc(F)c1CN1C[C@H](NC(=O)C2CCC3NNC(c4ccnc(C)c4)C3C2)CC[C@H]1C(=O)NCC(F)(F)F. The lowest BCUT2D eigenvalue weighted by Gasteiger charge is -2.40. The summed E-state index contributed by atoms with van der Waals surface area (Å²) in [4.78, 5) is 32.3. The van der Waals surface area contributed by atoms with Gasteiger partial charge < -0.3 is 15.4 Å². The van der Waals surface area contributed by atoms with Gasteiger partial charge in [0.1, 0.15) is 18.1 Å². The molecule has 5 rings (SSSR count). The van der Waals surface area contributed by atoms with Crippen molar-refractivity contribution < 1.29 is 31.9 Å². The van der Waals surface area contributed by atoms with E-state index < -0.39 is 30.5 Å². The molecule has 0 radical (unpaired) electrons. The van der Waals surface area contributed by atoms with Crippen LogP contribution in [0.4, 0.5) is 17.6 Å². The molecule has 1 saturated carbocycles. The van der Waals surface area contributed by atoms with Gasteiger partial charge in [-0.15, -0.1) is 0 Å². The van der Waals surface area contributed by atoms with Crippen molar-refractivity contribution in [2.75, 3.05) is 20.2 Å². The monoisotopic (exact) mass is 606 g/mol. The van der Waals surface area contributed by atoms with E-state index in [0.717, 1.165) is 24.1 Å². The maximum Gasteiger partial charge on any atom is 0.405 e. The molecular formula is C30H38F4N6O3. The summed E-state index contributed by atoms with van der Waals surface area (Å²) in [6, 6.07) is 7.42. The molecular weight excluding hydrogens is 568 g/mol. The zero-order valence-electron chi connectivity index (χ0n) is 24.2. The predicted molar refractivity (Wildman–Crippen MR) is 150 cm³/mol. The largest absolute Gasteiger partial charge is 0.496 e. The Morgan fingerprint density at radius 1 is 1.12 bits per heavy atom. The molecule has 1 aromatic heterocycles. The van der Waals surface area contributed by atoms with Crippen LogP contribution >= 0.6 is 0 Å². The molecule has 3 aliphatic rings. The van der Waals surface area contributed by atoms with E-state index >= 15 is 0 Å². The highest BCUT2D eigenvalue weighted by molar-refractivity contribution is 5.82. The third kappa shape index (κ3) is 7.44. The fourth-order valence-electron chi connectivity index (χ4n) is 6.73. The van der Waals surface area contributed by atoms with Crippen LogP contribution in [0.25, 0.3) is 0 Å². The Morgan fingerprint density at radius 2 is 1.93 bits per heavy atom. The van der Waals surface area contributed by atoms with Gasteiger partial charge in [-0.05, 0) is 74.8 Å². The normalized spacial score (nSPS) is 27.8. The van der Waals surface area contributed by atoms with Crippen LogP contribution in [0.5, 0.6) is 5.75 Å². The summed E-state index contributed by atoms with van der Waals surface area (Å²) in [7, 11) is 1.40. The van der Waals surface area contributed by atoms with Crippen LogP contribution < -0.4 is 26.2 Å². The number of benzene rings is 1. The molecule has 4 unspecified atom stereocenters. The number of nitrogens with one attached hydrogen (secondary N) is 4. The third-order valence-corrected chi connectivity index (χ3v) is 8.86. The van der Waals surface area contributed by atoms with E-state index in [-0.39, 0.29) is 66.7 Å². The van der Waals surface area contributed by atoms with Crippen LogP contribution in [-0.4, -0.2) is 66.2 Å². The molecule has 2 aromatic rings. The highest BCUT2D eigenvalue weighted by atomic mass is 19.4. The molecule has 3 heterocycles. The molecule has 0 spiro atoms. The van der Waals surface area contributed by atoms with Crippen LogP contribution in [0.2, 0.25) is 0 Å². The Bertz CT molecular complexity index is 1310. The van der Waals surface area contributed by atoms with Crippen molar-refractivity contribution in [3.8, 4) is 5.75 Å². The highest BCUT2D eigenvalue weighted by Crippen LogP contribution is 2.40. The Kier molecular flexibility index (Phi) is 9.52. The molecule has 4 N–H and O–H groups in total. The van der Waals surface area contributed by atoms with Gasteiger partial charge in [0.2, 0.25) is 11.8 Å². The number of carbonyl (C=O) groups excluding carboxylic acids is 2. The second-order valence-electron chi connectivity index (χ2n) is 11.8. The quantitative estimate of drug-likeness (QED) is 0.342. The number of rotatable bonds is 8. The van der Waals surface area contributed by atoms with Gasteiger partial charge in [0, 0.05) is 48.5 Å². The lowest BCUT2D eigenvalue weighted by molar-refractivity contribution is -0.143. The fourth-order valence-corrected chi connectivity index (χ4v) is 6.73. The van der Waals surface area contributed by atoms with Gasteiger partial charge in [-0.25, -0.2) is 9.82 Å². The molecule has 13 heteroatoms. The van der Waals surface area contributed by atoms with Crippen molar-refractivity contribution in [2.45, 2.75) is 75.9 Å². The number of hydrogen-bond donors (Lipinski definition) is 4. The van der Waals surface area contributed by atoms with Gasteiger partial charge in [-0.3, -0.25) is 24.9 Å². The number of methoxy groups -OCH3 is 1. The third-order valence-electron chi connectivity index (χ3n) is 8.86. The first-order valence-electron chi connectivity index (χ1n) is 14.7. The molecule has 2 aliphatic heterocycles. The maximum atomic E-state index is 14.8. The number of amides is 2. The molecule has 0 bridgehead atoms. The minimum absolute atomic E-state index is 0.0548. The molecule has 43 heavy (non-hydrogen) atoms. The molecule has 2 saturated heterocycles. The first-order chi connectivity index (χ1) is 20.5. The predicted octanol–water partition coefficient (Wildman–Crippen LogP) is 3.30. The second-order valence-corrected chi connectivity index (χ2v) is 11.8. The summed E-state index contributed by atoms with van der Waals surface area (Å²) in [6.07, 6.45) is 0.0817. The smallest absolute Gasteiger partial charge is 0.405 e. The Labute approximate surface area is 248 Å². The first-order valence-corrected chi connectivity index (χ1v) is 14.7. The average molecular weight is 607 g/mol. The highest BCUT2D eigenvalue weighted by Gasteiger charge is 2.43. The second kappa shape index (κ2) is 13.1. The summed E-state index contributed by atoms with van der Waals surface area (Å²) in [5, 5.41) is 5.11. The van der Waals surface area contributed by atoms with Crippen molar-refractivity contribution in [3.05, 3.63) is 59.2 Å². The topological polar surface area (TPSA) is 108 Å². The van der Waals surface area contributed by atoms with E-state index in [9.17, 15) is 27.2 Å².